The number of hydrogen-bond acceptors (Lipinski definition) is 7. The number of aromatic amines is 1. The van der Waals surface area contributed by atoms with Gasteiger partial charge in [0.15, 0.2) is 6.23 Å². The molecule has 2 heterocycles. The van der Waals surface area contributed by atoms with E-state index in [2.05, 4.69) is 0 Å². The van der Waals surface area contributed by atoms with E-state index in [0.717, 1.165) is 10.8 Å². The molecule has 0 aliphatic carbocycles. The number of nitrogens with one attached hydrogen (secondary N) is 1. The Morgan fingerprint density at radius 2 is 2.06 bits per heavy atom. The molecule has 0 saturated carbocycles. The van der Waals surface area contributed by atoms with Crippen LogP contribution in [0.15, 0.2) is 15.8 Å². The first kappa shape index (κ1) is 12.8. The molecule has 1 saturated heterocycles. The van der Waals surface area contributed by atoms with Crippen molar-refractivity contribution < 1.29 is 20.1 Å². The number of aliphatic hydroxyl groups is 3. The molecule has 0 radical (unpaired) electrons. The summed E-state index contributed by atoms with van der Waals surface area (Å²) in [5.74, 6) is 0. The highest BCUT2D eigenvalue weighted by atomic mass is 16.6. The van der Waals surface area contributed by atoms with Crippen LogP contribution in [0.25, 0.3) is 0 Å². The smallest absolute Gasteiger partial charge is 0.330 e. The molecule has 18 heavy (non-hydrogen) atoms. The van der Waals surface area contributed by atoms with Gasteiger partial charge in [0.25, 0.3) is 5.56 Å². The summed E-state index contributed by atoms with van der Waals surface area (Å²) in [6, 6.07) is 0. The number of ether oxygens (including phenoxy) is 1. The molecule has 6 N–H and O–H groups in total. The Labute approximate surface area is 100 Å². The fourth-order valence-corrected chi connectivity index (χ4v) is 1.80. The van der Waals surface area contributed by atoms with E-state index in [9.17, 15) is 19.8 Å². The number of aliphatic hydroxyl groups excluding tert-OH is 3. The lowest BCUT2D eigenvalue weighted by Gasteiger charge is -2.17. The molecule has 0 bridgehead atoms. The van der Waals surface area contributed by atoms with Gasteiger partial charge < -0.3 is 25.8 Å². The second-order valence-electron chi connectivity index (χ2n) is 3.98. The van der Waals surface area contributed by atoms with E-state index in [0.29, 0.717) is 0 Å². The fraction of sp³-hybridized carbons (Fsp3) is 0.556. The maximum Gasteiger partial charge on any atom is 0.330 e. The highest BCUT2D eigenvalue weighted by Crippen LogP contribution is 2.27. The van der Waals surface area contributed by atoms with Crippen LogP contribution < -0.4 is 17.0 Å². The summed E-state index contributed by atoms with van der Waals surface area (Å²) in [7, 11) is 0. The van der Waals surface area contributed by atoms with Crippen LogP contribution in [0.4, 0.5) is 5.69 Å². The molecular weight excluding hydrogens is 246 g/mol. The predicted molar refractivity (Wildman–Crippen MR) is 58.7 cm³/mol. The van der Waals surface area contributed by atoms with E-state index in [1.165, 1.54) is 0 Å². The van der Waals surface area contributed by atoms with Crippen LogP contribution in [-0.2, 0) is 4.74 Å². The zero-order chi connectivity index (χ0) is 13.4. The lowest BCUT2D eigenvalue weighted by atomic mass is 10.1. The minimum absolute atomic E-state index is 0.229. The maximum atomic E-state index is 11.5. The third-order valence-electron chi connectivity index (χ3n) is 2.79. The van der Waals surface area contributed by atoms with Crippen LogP contribution in [-0.4, -0.2) is 49.8 Å². The third-order valence-corrected chi connectivity index (χ3v) is 2.79. The van der Waals surface area contributed by atoms with Crippen LogP contribution in [0.3, 0.4) is 0 Å². The second kappa shape index (κ2) is 4.53. The molecule has 0 amide bonds. The summed E-state index contributed by atoms with van der Waals surface area (Å²) >= 11 is 0. The first-order valence-electron chi connectivity index (χ1n) is 5.19. The van der Waals surface area contributed by atoms with Gasteiger partial charge in [0.1, 0.15) is 24.0 Å². The third kappa shape index (κ3) is 1.93. The molecule has 0 aromatic carbocycles. The Morgan fingerprint density at radius 3 is 2.61 bits per heavy atom. The molecule has 2 rings (SSSR count). The van der Waals surface area contributed by atoms with Crippen molar-refractivity contribution in [2.45, 2.75) is 24.5 Å². The minimum Gasteiger partial charge on any atom is -0.394 e. The monoisotopic (exact) mass is 259 g/mol. The Balaban J connectivity index is 2.42. The summed E-state index contributed by atoms with van der Waals surface area (Å²) in [6.45, 7) is -0.512. The van der Waals surface area contributed by atoms with Crippen molar-refractivity contribution in [1.82, 2.24) is 9.55 Å². The van der Waals surface area contributed by atoms with E-state index in [1.54, 1.807) is 0 Å². The van der Waals surface area contributed by atoms with Crippen LogP contribution in [0.5, 0.6) is 0 Å². The summed E-state index contributed by atoms with van der Waals surface area (Å²) in [5, 5.41) is 28.2. The lowest BCUT2D eigenvalue weighted by Crippen LogP contribution is -2.38. The molecule has 1 aromatic rings. The highest BCUT2D eigenvalue weighted by molar-refractivity contribution is 5.30. The van der Waals surface area contributed by atoms with Crippen molar-refractivity contribution >= 4 is 5.69 Å². The van der Waals surface area contributed by atoms with Gasteiger partial charge in [-0.25, -0.2) is 4.79 Å². The van der Waals surface area contributed by atoms with Crippen molar-refractivity contribution in [3.05, 3.63) is 27.0 Å². The average Bonchev–Trinajstić information content (AvgIpc) is 2.61. The number of aromatic nitrogens is 2. The van der Waals surface area contributed by atoms with Crippen LogP contribution in [0, 0.1) is 0 Å². The van der Waals surface area contributed by atoms with E-state index in [-0.39, 0.29) is 5.69 Å². The zero-order valence-electron chi connectivity index (χ0n) is 9.18. The number of rotatable bonds is 2. The average molecular weight is 259 g/mol. The topological polar surface area (TPSA) is 151 Å². The van der Waals surface area contributed by atoms with Crippen molar-refractivity contribution in [2.75, 3.05) is 12.3 Å². The highest BCUT2D eigenvalue weighted by Gasteiger charge is 2.43. The molecule has 9 heteroatoms. The number of anilines is 1. The molecule has 1 aromatic heterocycles. The molecule has 1 unspecified atom stereocenters. The van der Waals surface area contributed by atoms with Gasteiger partial charge in [0, 0.05) is 6.20 Å². The van der Waals surface area contributed by atoms with Gasteiger partial charge in [0.05, 0.1) is 6.61 Å². The maximum absolute atomic E-state index is 11.5. The van der Waals surface area contributed by atoms with Crippen molar-refractivity contribution in [3.63, 3.8) is 0 Å². The zero-order valence-corrected chi connectivity index (χ0v) is 9.18. The Hall–Kier alpha value is -1.68. The second-order valence-corrected chi connectivity index (χ2v) is 3.98. The van der Waals surface area contributed by atoms with Gasteiger partial charge in [-0.1, -0.05) is 0 Å². The van der Waals surface area contributed by atoms with Crippen molar-refractivity contribution in [1.29, 1.82) is 0 Å². The quantitative estimate of drug-likeness (QED) is 0.373. The van der Waals surface area contributed by atoms with Crippen LogP contribution >= 0.6 is 0 Å². The number of nitrogens with two attached hydrogens (primary N) is 1. The molecular formula is C9H13N3O6. The lowest BCUT2D eigenvalue weighted by molar-refractivity contribution is -0.0549. The Kier molecular flexibility index (Phi) is 3.22. The van der Waals surface area contributed by atoms with Gasteiger partial charge in [-0.05, 0) is 0 Å². The van der Waals surface area contributed by atoms with Crippen molar-refractivity contribution in [3.8, 4) is 0 Å². The minimum atomic E-state index is -1.41. The van der Waals surface area contributed by atoms with Crippen LogP contribution in [0.2, 0.25) is 0 Å². The van der Waals surface area contributed by atoms with Crippen LogP contribution in [0.1, 0.15) is 6.23 Å². The van der Waals surface area contributed by atoms with Gasteiger partial charge in [-0.2, -0.15) is 0 Å². The summed E-state index contributed by atoms with van der Waals surface area (Å²) in [4.78, 5) is 24.6. The van der Waals surface area contributed by atoms with E-state index in [4.69, 9.17) is 15.6 Å². The molecule has 1 aliphatic rings. The van der Waals surface area contributed by atoms with Gasteiger partial charge in [-0.15, -0.1) is 0 Å². The molecule has 100 valence electrons. The van der Waals surface area contributed by atoms with Gasteiger partial charge in [0.2, 0.25) is 0 Å². The Morgan fingerprint density at radius 1 is 1.39 bits per heavy atom. The SMILES string of the molecule is Nc1cn([C@@H]2O[C@H](CO)[C@H](O)C2O)c(=O)[nH]c1=O. The Bertz CT molecular complexity index is 552. The molecule has 4 atom stereocenters. The number of nitrogen functional groups attached to an aromatic ring is 1. The molecule has 1 fully saturated rings. The largest absolute Gasteiger partial charge is 0.394 e. The van der Waals surface area contributed by atoms with Gasteiger partial charge >= 0.3 is 5.69 Å². The molecule has 9 nitrogen and oxygen atoms in total. The van der Waals surface area contributed by atoms with E-state index < -0.39 is 42.4 Å². The summed E-state index contributed by atoms with van der Waals surface area (Å²) in [6.07, 6.45) is -3.96. The molecule has 1 aliphatic heterocycles. The van der Waals surface area contributed by atoms with E-state index >= 15 is 0 Å². The number of H-pyrrole nitrogens is 1. The first-order chi connectivity index (χ1) is 8.45. The first-order valence-corrected chi connectivity index (χ1v) is 5.19. The number of hydrogen-bond donors (Lipinski definition) is 5. The number of nitrogens with zero attached hydrogens (tertiary/aromatic N) is 1. The van der Waals surface area contributed by atoms with Crippen molar-refractivity contribution in [2.24, 2.45) is 0 Å². The fourth-order valence-electron chi connectivity index (χ4n) is 1.80. The normalized spacial score (nSPS) is 31.7. The summed E-state index contributed by atoms with van der Waals surface area (Å²) in [5.41, 5.74) is 3.55. The van der Waals surface area contributed by atoms with E-state index in [1.807, 2.05) is 4.98 Å². The predicted octanol–water partition coefficient (Wildman–Crippen LogP) is -3.27. The molecule has 0 spiro atoms. The standard InChI is InChI=1S/C9H13N3O6/c10-3-1-12(9(17)11-7(3)16)8-6(15)5(14)4(2-13)18-8/h1,4-6,8,13-15H,2,10H2,(H,11,16,17)/t4-,5+,6?,8-/m1/s1. The van der Waals surface area contributed by atoms with Gasteiger partial charge in [-0.3, -0.25) is 14.3 Å². The summed E-state index contributed by atoms with van der Waals surface area (Å²) < 4.78 is 5.99.